The van der Waals surface area contributed by atoms with Gasteiger partial charge in [-0.3, -0.25) is 4.79 Å². The van der Waals surface area contributed by atoms with E-state index in [1.165, 1.54) is 0 Å². The van der Waals surface area contributed by atoms with E-state index in [0.29, 0.717) is 17.4 Å². The van der Waals surface area contributed by atoms with Crippen molar-refractivity contribution in [1.82, 2.24) is 4.90 Å². The smallest absolute Gasteiger partial charge is 0.227 e. The van der Waals surface area contributed by atoms with Crippen molar-refractivity contribution >= 4 is 17.5 Å². The maximum Gasteiger partial charge on any atom is 0.227 e. The Kier molecular flexibility index (Phi) is 4.83. The number of hydrogen-bond acceptors (Lipinski definition) is 2. The number of carbonyl (C=O) groups is 1. The molecule has 1 aliphatic heterocycles. The zero-order chi connectivity index (χ0) is 13.8. The average Bonchev–Trinajstić information content (AvgIpc) is 2.39. The standard InChI is InChI=1S/C15H21ClN2O/c1-11(17)13-5-3-7-18(10-13)15(19)9-12-4-2-6-14(16)8-12/h2,4,6,8,11,13H,3,5,7,9-10,17H2,1H3. The molecule has 0 saturated carbocycles. The van der Waals surface area contributed by atoms with E-state index < -0.39 is 0 Å². The van der Waals surface area contributed by atoms with Gasteiger partial charge in [-0.25, -0.2) is 0 Å². The first-order valence-electron chi connectivity index (χ1n) is 6.84. The van der Waals surface area contributed by atoms with Crippen LogP contribution in [-0.2, 0) is 11.2 Å². The second-order valence-corrected chi connectivity index (χ2v) is 5.84. The zero-order valence-electron chi connectivity index (χ0n) is 11.3. The summed E-state index contributed by atoms with van der Waals surface area (Å²) in [6, 6.07) is 7.65. The van der Waals surface area contributed by atoms with Gasteiger partial charge < -0.3 is 10.6 Å². The van der Waals surface area contributed by atoms with Crippen molar-refractivity contribution in [1.29, 1.82) is 0 Å². The summed E-state index contributed by atoms with van der Waals surface area (Å²) in [5, 5.41) is 0.678. The molecule has 4 heteroatoms. The van der Waals surface area contributed by atoms with E-state index in [2.05, 4.69) is 0 Å². The van der Waals surface area contributed by atoms with Gasteiger partial charge in [-0.1, -0.05) is 23.7 Å². The van der Waals surface area contributed by atoms with Gasteiger partial charge >= 0.3 is 0 Å². The number of benzene rings is 1. The van der Waals surface area contributed by atoms with Gasteiger partial charge in [0.25, 0.3) is 0 Å². The molecular weight excluding hydrogens is 260 g/mol. The number of likely N-dealkylation sites (tertiary alicyclic amines) is 1. The molecule has 1 amide bonds. The number of hydrogen-bond donors (Lipinski definition) is 1. The van der Waals surface area contributed by atoms with Gasteiger partial charge in [0.05, 0.1) is 6.42 Å². The van der Waals surface area contributed by atoms with E-state index in [9.17, 15) is 4.79 Å². The molecule has 2 N–H and O–H groups in total. The second-order valence-electron chi connectivity index (χ2n) is 5.41. The Morgan fingerprint density at radius 2 is 2.37 bits per heavy atom. The van der Waals surface area contributed by atoms with Gasteiger partial charge in [-0.05, 0) is 43.4 Å². The Morgan fingerprint density at radius 1 is 1.58 bits per heavy atom. The van der Waals surface area contributed by atoms with Crippen LogP contribution in [0.15, 0.2) is 24.3 Å². The minimum atomic E-state index is 0.154. The Morgan fingerprint density at radius 3 is 3.05 bits per heavy atom. The highest BCUT2D eigenvalue weighted by molar-refractivity contribution is 6.30. The Labute approximate surface area is 119 Å². The fraction of sp³-hybridized carbons (Fsp3) is 0.533. The molecule has 0 aromatic heterocycles. The minimum absolute atomic E-state index is 0.154. The monoisotopic (exact) mass is 280 g/mol. The molecule has 104 valence electrons. The van der Waals surface area contributed by atoms with Gasteiger partial charge in [0, 0.05) is 24.2 Å². The molecule has 1 saturated heterocycles. The third-order valence-corrected chi connectivity index (χ3v) is 4.03. The first-order chi connectivity index (χ1) is 9.06. The number of rotatable bonds is 3. The quantitative estimate of drug-likeness (QED) is 0.924. The summed E-state index contributed by atoms with van der Waals surface area (Å²) < 4.78 is 0. The normalized spacial score (nSPS) is 21.2. The summed E-state index contributed by atoms with van der Waals surface area (Å²) in [5.74, 6) is 0.602. The van der Waals surface area contributed by atoms with Crippen LogP contribution in [0.5, 0.6) is 0 Å². The molecule has 1 heterocycles. The molecule has 19 heavy (non-hydrogen) atoms. The third kappa shape index (κ3) is 3.95. The van der Waals surface area contributed by atoms with Crippen molar-refractivity contribution in [2.24, 2.45) is 11.7 Å². The molecular formula is C15H21ClN2O. The molecule has 0 bridgehead atoms. The average molecular weight is 281 g/mol. The first-order valence-corrected chi connectivity index (χ1v) is 7.22. The van der Waals surface area contributed by atoms with E-state index in [1.807, 2.05) is 36.1 Å². The molecule has 0 aliphatic carbocycles. The highest BCUT2D eigenvalue weighted by Crippen LogP contribution is 2.20. The number of carbonyl (C=O) groups excluding carboxylic acids is 1. The van der Waals surface area contributed by atoms with Crippen molar-refractivity contribution in [3.05, 3.63) is 34.9 Å². The maximum atomic E-state index is 12.3. The van der Waals surface area contributed by atoms with Gasteiger partial charge in [0.15, 0.2) is 0 Å². The maximum absolute atomic E-state index is 12.3. The molecule has 1 aromatic rings. The van der Waals surface area contributed by atoms with Crippen LogP contribution >= 0.6 is 11.6 Å². The van der Waals surface area contributed by atoms with Crippen molar-refractivity contribution in [3.8, 4) is 0 Å². The lowest BCUT2D eigenvalue weighted by molar-refractivity contribution is -0.132. The van der Waals surface area contributed by atoms with Gasteiger partial charge in [0.2, 0.25) is 5.91 Å². The SMILES string of the molecule is CC(N)C1CCCN(C(=O)Cc2cccc(Cl)c2)C1. The lowest BCUT2D eigenvalue weighted by atomic mass is 9.92. The van der Waals surface area contributed by atoms with Gasteiger partial charge in [-0.15, -0.1) is 0 Å². The zero-order valence-corrected chi connectivity index (χ0v) is 12.1. The van der Waals surface area contributed by atoms with Crippen LogP contribution in [0.1, 0.15) is 25.3 Å². The molecule has 0 radical (unpaired) electrons. The lowest BCUT2D eigenvalue weighted by Gasteiger charge is -2.34. The second kappa shape index (κ2) is 6.40. The van der Waals surface area contributed by atoms with Crippen LogP contribution in [0.4, 0.5) is 0 Å². The molecule has 1 fully saturated rings. The summed E-state index contributed by atoms with van der Waals surface area (Å²) in [6.07, 6.45) is 2.60. The fourth-order valence-electron chi connectivity index (χ4n) is 2.60. The highest BCUT2D eigenvalue weighted by atomic mass is 35.5. The molecule has 1 aromatic carbocycles. The van der Waals surface area contributed by atoms with Crippen LogP contribution in [0, 0.1) is 5.92 Å². The third-order valence-electron chi connectivity index (χ3n) is 3.80. The van der Waals surface area contributed by atoms with E-state index >= 15 is 0 Å². The predicted molar refractivity (Wildman–Crippen MR) is 78.1 cm³/mol. The number of nitrogens with zero attached hydrogens (tertiary/aromatic N) is 1. The topological polar surface area (TPSA) is 46.3 Å². The predicted octanol–water partition coefficient (Wildman–Crippen LogP) is 2.47. The summed E-state index contributed by atoms with van der Waals surface area (Å²) >= 11 is 5.94. The lowest BCUT2D eigenvalue weighted by Crippen LogP contribution is -2.45. The van der Waals surface area contributed by atoms with Crippen molar-refractivity contribution < 1.29 is 4.79 Å². The van der Waals surface area contributed by atoms with Crippen LogP contribution < -0.4 is 5.73 Å². The summed E-state index contributed by atoms with van der Waals surface area (Å²) in [4.78, 5) is 14.2. The van der Waals surface area contributed by atoms with Crippen LogP contribution in [-0.4, -0.2) is 29.9 Å². The number of nitrogens with two attached hydrogens (primary N) is 1. The van der Waals surface area contributed by atoms with E-state index in [0.717, 1.165) is 31.5 Å². The largest absolute Gasteiger partial charge is 0.342 e. The van der Waals surface area contributed by atoms with E-state index in [1.54, 1.807) is 0 Å². The summed E-state index contributed by atoms with van der Waals surface area (Å²) in [6.45, 7) is 3.66. The molecule has 2 unspecified atom stereocenters. The Hall–Kier alpha value is -1.06. The fourth-order valence-corrected chi connectivity index (χ4v) is 2.81. The number of amides is 1. The van der Waals surface area contributed by atoms with Crippen LogP contribution in [0.25, 0.3) is 0 Å². The Bertz CT molecular complexity index is 448. The molecule has 1 aliphatic rings. The minimum Gasteiger partial charge on any atom is -0.342 e. The number of halogens is 1. The van der Waals surface area contributed by atoms with E-state index in [-0.39, 0.29) is 11.9 Å². The summed E-state index contributed by atoms with van der Waals surface area (Å²) in [7, 11) is 0. The van der Waals surface area contributed by atoms with Crippen LogP contribution in [0.3, 0.4) is 0 Å². The molecule has 2 atom stereocenters. The van der Waals surface area contributed by atoms with Gasteiger partial charge in [-0.2, -0.15) is 0 Å². The van der Waals surface area contributed by atoms with Crippen molar-refractivity contribution in [2.45, 2.75) is 32.2 Å². The molecule has 2 rings (SSSR count). The highest BCUT2D eigenvalue weighted by Gasteiger charge is 2.25. The van der Waals surface area contributed by atoms with Gasteiger partial charge in [0.1, 0.15) is 0 Å². The first kappa shape index (κ1) is 14.4. The Balaban J connectivity index is 1.96. The van der Waals surface area contributed by atoms with E-state index in [4.69, 9.17) is 17.3 Å². The summed E-state index contributed by atoms with van der Waals surface area (Å²) in [5.41, 5.74) is 6.92. The molecule has 0 spiro atoms. The number of piperidine rings is 1. The van der Waals surface area contributed by atoms with Crippen LogP contribution in [0.2, 0.25) is 5.02 Å². The van der Waals surface area contributed by atoms with Crippen molar-refractivity contribution in [3.63, 3.8) is 0 Å². The van der Waals surface area contributed by atoms with Crippen molar-refractivity contribution in [2.75, 3.05) is 13.1 Å². The molecule has 3 nitrogen and oxygen atoms in total.